The lowest BCUT2D eigenvalue weighted by Crippen LogP contribution is -2.30. The molecule has 0 radical (unpaired) electrons. The molecule has 5 heteroatoms. The van der Waals surface area contributed by atoms with E-state index in [0.29, 0.717) is 11.5 Å². The molecule has 1 aliphatic heterocycles. The summed E-state index contributed by atoms with van der Waals surface area (Å²) >= 11 is 4.00. The molecule has 112 valence electrons. The van der Waals surface area contributed by atoms with Gasteiger partial charge in [-0.3, -0.25) is 0 Å². The minimum atomic E-state index is 0.362. The van der Waals surface area contributed by atoms with Crippen molar-refractivity contribution in [2.45, 2.75) is 39.2 Å². The molecule has 2 heterocycles. The van der Waals surface area contributed by atoms with Gasteiger partial charge in [-0.25, -0.2) is 4.98 Å². The van der Waals surface area contributed by atoms with E-state index in [1.807, 2.05) is 11.3 Å². The number of rotatable bonds is 2. The molecule has 1 atom stereocenters. The number of nitrogens with zero attached hydrogens (tertiary/aromatic N) is 2. The Kier molecular flexibility index (Phi) is 4.29. The van der Waals surface area contributed by atoms with Crippen molar-refractivity contribution in [1.82, 2.24) is 10.3 Å². The summed E-state index contributed by atoms with van der Waals surface area (Å²) in [5.74, 6) is 2.54. The van der Waals surface area contributed by atoms with Crippen molar-refractivity contribution in [3.8, 4) is 0 Å². The molecule has 0 aromatic carbocycles. The highest BCUT2D eigenvalue weighted by atomic mass is 32.2. The quantitative estimate of drug-likeness (QED) is 0.907. The molecule has 1 aliphatic carbocycles. The van der Waals surface area contributed by atoms with Crippen LogP contribution in [0.1, 0.15) is 43.3 Å². The molecular weight excluding hydrogens is 286 g/mol. The van der Waals surface area contributed by atoms with Crippen LogP contribution in [0.2, 0.25) is 0 Å². The second-order valence-electron chi connectivity index (χ2n) is 6.65. The highest BCUT2D eigenvalue weighted by Crippen LogP contribution is 2.44. The lowest BCUT2D eigenvalue weighted by atomic mass is 9.76. The zero-order valence-electron chi connectivity index (χ0n) is 12.7. The van der Waals surface area contributed by atoms with Gasteiger partial charge in [0.05, 0.1) is 5.69 Å². The molecule has 20 heavy (non-hydrogen) atoms. The van der Waals surface area contributed by atoms with E-state index in [-0.39, 0.29) is 0 Å². The topological polar surface area (TPSA) is 28.2 Å². The van der Waals surface area contributed by atoms with Crippen molar-refractivity contribution in [1.29, 1.82) is 0 Å². The van der Waals surface area contributed by atoms with Crippen LogP contribution >= 0.6 is 23.1 Å². The fourth-order valence-electron chi connectivity index (χ4n) is 3.23. The fourth-order valence-corrected chi connectivity index (χ4v) is 5.36. The third-order valence-corrected chi connectivity index (χ3v) is 6.60. The number of anilines is 1. The van der Waals surface area contributed by atoms with Crippen LogP contribution in [0, 0.1) is 5.41 Å². The predicted octanol–water partition coefficient (Wildman–Crippen LogP) is 3.32. The smallest absolute Gasteiger partial charge is 0.185 e. The summed E-state index contributed by atoms with van der Waals surface area (Å²) in [5, 5.41) is 4.75. The second-order valence-corrected chi connectivity index (χ2v) is 8.88. The van der Waals surface area contributed by atoms with E-state index in [0.717, 1.165) is 13.0 Å². The minimum Gasteiger partial charge on any atom is -0.347 e. The Morgan fingerprint density at radius 3 is 2.95 bits per heavy atom. The monoisotopic (exact) mass is 311 g/mol. The van der Waals surface area contributed by atoms with Crippen molar-refractivity contribution in [2.24, 2.45) is 5.41 Å². The molecule has 1 unspecified atom stereocenters. The Morgan fingerprint density at radius 2 is 2.15 bits per heavy atom. The number of fused-ring (bicyclic) bond motifs is 1. The second kappa shape index (κ2) is 5.85. The molecule has 2 aliphatic rings. The first-order valence-electron chi connectivity index (χ1n) is 7.59. The normalized spacial score (nSPS) is 26.1. The van der Waals surface area contributed by atoms with Crippen molar-refractivity contribution >= 4 is 28.2 Å². The summed E-state index contributed by atoms with van der Waals surface area (Å²) in [7, 11) is 2.08. The van der Waals surface area contributed by atoms with Crippen LogP contribution in [0.3, 0.4) is 0 Å². The number of nitrogens with one attached hydrogen (secondary N) is 1. The van der Waals surface area contributed by atoms with Crippen LogP contribution in [0.4, 0.5) is 5.13 Å². The Morgan fingerprint density at radius 1 is 1.30 bits per heavy atom. The van der Waals surface area contributed by atoms with Crippen LogP contribution < -0.4 is 10.2 Å². The minimum absolute atomic E-state index is 0.362. The van der Waals surface area contributed by atoms with Crippen molar-refractivity contribution in [2.75, 3.05) is 36.5 Å². The van der Waals surface area contributed by atoms with Crippen LogP contribution in [0.5, 0.6) is 0 Å². The number of thioether (sulfide) groups is 1. The highest BCUT2D eigenvalue weighted by molar-refractivity contribution is 7.99. The van der Waals surface area contributed by atoms with Gasteiger partial charge in [0.2, 0.25) is 0 Å². The summed E-state index contributed by atoms with van der Waals surface area (Å²) < 4.78 is 0. The lowest BCUT2D eigenvalue weighted by molar-refractivity contribution is 0.265. The van der Waals surface area contributed by atoms with E-state index in [1.54, 1.807) is 0 Å². The molecule has 1 saturated heterocycles. The van der Waals surface area contributed by atoms with Gasteiger partial charge in [-0.1, -0.05) is 25.2 Å². The maximum Gasteiger partial charge on any atom is 0.185 e. The molecule has 0 saturated carbocycles. The molecule has 0 bridgehead atoms. The maximum absolute atomic E-state index is 5.01. The van der Waals surface area contributed by atoms with E-state index >= 15 is 0 Å². The Balaban J connectivity index is 1.87. The molecule has 1 aromatic rings. The summed E-state index contributed by atoms with van der Waals surface area (Å²) in [5.41, 5.74) is 1.71. The van der Waals surface area contributed by atoms with Crippen LogP contribution in [0.15, 0.2) is 0 Å². The van der Waals surface area contributed by atoms with Gasteiger partial charge in [-0.05, 0) is 37.5 Å². The van der Waals surface area contributed by atoms with Crippen molar-refractivity contribution in [3.63, 3.8) is 0 Å². The molecule has 0 amide bonds. The largest absolute Gasteiger partial charge is 0.347 e. The van der Waals surface area contributed by atoms with E-state index in [4.69, 9.17) is 4.98 Å². The Labute approximate surface area is 130 Å². The van der Waals surface area contributed by atoms with E-state index in [9.17, 15) is 0 Å². The highest BCUT2D eigenvalue weighted by Gasteiger charge is 2.35. The van der Waals surface area contributed by atoms with E-state index < -0.39 is 0 Å². The van der Waals surface area contributed by atoms with Gasteiger partial charge in [0.1, 0.15) is 0 Å². The van der Waals surface area contributed by atoms with Crippen molar-refractivity contribution < 1.29 is 0 Å². The first-order chi connectivity index (χ1) is 9.59. The first-order valence-corrected chi connectivity index (χ1v) is 9.56. The molecule has 1 aromatic heterocycles. The summed E-state index contributed by atoms with van der Waals surface area (Å²) in [6, 6.07) is 0.487. The molecule has 1 fully saturated rings. The van der Waals surface area contributed by atoms with Gasteiger partial charge in [0, 0.05) is 29.8 Å². The summed E-state index contributed by atoms with van der Waals surface area (Å²) in [6.45, 7) is 7.06. The number of hydrogen-bond donors (Lipinski definition) is 1. The predicted molar refractivity (Wildman–Crippen MR) is 90.2 cm³/mol. The van der Waals surface area contributed by atoms with E-state index in [2.05, 4.69) is 42.9 Å². The number of thiazole rings is 1. The molecule has 3 nitrogen and oxygen atoms in total. The third-order valence-electron chi connectivity index (χ3n) is 4.28. The van der Waals surface area contributed by atoms with Gasteiger partial charge in [-0.15, -0.1) is 0 Å². The van der Waals surface area contributed by atoms with Gasteiger partial charge in [0.25, 0.3) is 0 Å². The molecule has 0 spiro atoms. The van der Waals surface area contributed by atoms with Crippen LogP contribution in [0.25, 0.3) is 0 Å². The van der Waals surface area contributed by atoms with Gasteiger partial charge in [0.15, 0.2) is 5.13 Å². The van der Waals surface area contributed by atoms with Gasteiger partial charge in [-0.2, -0.15) is 11.8 Å². The van der Waals surface area contributed by atoms with E-state index in [1.165, 1.54) is 46.6 Å². The standard InChI is InChI=1S/C15H25N3S2/c1-15(2)9-11(16-3)13-12(10-15)17-14(20-13)18-5-4-7-19-8-6-18/h11,16H,4-10H2,1-3H3. The van der Waals surface area contributed by atoms with Crippen LogP contribution in [-0.4, -0.2) is 36.6 Å². The zero-order valence-corrected chi connectivity index (χ0v) is 14.4. The average molecular weight is 312 g/mol. The van der Waals surface area contributed by atoms with Crippen LogP contribution in [-0.2, 0) is 6.42 Å². The Bertz CT molecular complexity index is 462. The Hall–Kier alpha value is -0.260. The van der Waals surface area contributed by atoms with Crippen molar-refractivity contribution in [3.05, 3.63) is 10.6 Å². The summed E-state index contributed by atoms with van der Waals surface area (Å²) in [6.07, 6.45) is 3.63. The summed E-state index contributed by atoms with van der Waals surface area (Å²) in [4.78, 5) is 8.99. The third kappa shape index (κ3) is 3.00. The average Bonchev–Trinajstić information content (AvgIpc) is 2.63. The SMILES string of the molecule is CNC1CC(C)(C)Cc2nc(N3CCCSCC3)sc21. The fraction of sp³-hybridized carbons (Fsp3) is 0.800. The molecular formula is C15H25N3S2. The lowest BCUT2D eigenvalue weighted by Gasteiger charge is -2.34. The maximum atomic E-state index is 5.01. The van der Waals surface area contributed by atoms with Gasteiger partial charge >= 0.3 is 0 Å². The molecule has 1 N–H and O–H groups in total. The first kappa shape index (κ1) is 14.7. The molecule has 3 rings (SSSR count). The number of hydrogen-bond acceptors (Lipinski definition) is 5. The zero-order chi connectivity index (χ0) is 14.2. The number of aromatic nitrogens is 1. The van der Waals surface area contributed by atoms with Gasteiger partial charge < -0.3 is 10.2 Å².